The van der Waals surface area contributed by atoms with Gasteiger partial charge in [-0.15, -0.1) is 0 Å². The molecule has 4 heteroatoms. The van der Waals surface area contributed by atoms with Crippen molar-refractivity contribution in [2.75, 3.05) is 7.11 Å². The molecule has 0 saturated carbocycles. The minimum atomic E-state index is 0.199. The molecule has 18 heavy (non-hydrogen) atoms. The van der Waals surface area contributed by atoms with E-state index < -0.39 is 0 Å². The van der Waals surface area contributed by atoms with Gasteiger partial charge in [0.05, 0.1) is 7.11 Å². The van der Waals surface area contributed by atoms with Crippen molar-refractivity contribution in [2.45, 2.75) is 12.8 Å². The van der Waals surface area contributed by atoms with E-state index in [0.717, 1.165) is 21.3 Å². The van der Waals surface area contributed by atoms with Crippen molar-refractivity contribution < 1.29 is 9.53 Å². The van der Waals surface area contributed by atoms with Gasteiger partial charge >= 0.3 is 0 Å². The van der Waals surface area contributed by atoms with Gasteiger partial charge in [0.25, 0.3) is 0 Å². The summed E-state index contributed by atoms with van der Waals surface area (Å²) >= 11 is 5.02. The number of hydrogen-bond acceptors (Lipinski definition) is 3. The molecule has 1 heterocycles. The number of halogens is 1. The Balaban J connectivity index is 2.08. The molecule has 1 aromatic carbocycles. The second-order valence-corrected chi connectivity index (χ2v) is 5.68. The highest BCUT2D eigenvalue weighted by Crippen LogP contribution is 2.24. The fraction of sp³-hybridized carbons (Fsp3) is 0.214. The van der Waals surface area contributed by atoms with Crippen molar-refractivity contribution in [1.82, 2.24) is 0 Å². The van der Waals surface area contributed by atoms with Crippen LogP contribution < -0.4 is 4.74 Å². The first-order valence-corrected chi connectivity index (χ1v) is 7.28. The van der Waals surface area contributed by atoms with Crippen molar-refractivity contribution >= 4 is 33.0 Å². The number of rotatable bonds is 5. The summed E-state index contributed by atoms with van der Waals surface area (Å²) in [4.78, 5) is 12.0. The monoisotopic (exact) mass is 324 g/mol. The topological polar surface area (TPSA) is 26.3 Å². The predicted molar refractivity (Wildman–Crippen MR) is 77.4 cm³/mol. The molecule has 0 N–H and O–H groups in total. The molecule has 0 aliphatic rings. The zero-order chi connectivity index (χ0) is 13.0. The first-order valence-electron chi connectivity index (χ1n) is 5.54. The fourth-order valence-corrected chi connectivity index (χ4v) is 2.86. The maximum absolute atomic E-state index is 12.0. The summed E-state index contributed by atoms with van der Waals surface area (Å²) in [7, 11) is 1.62. The van der Waals surface area contributed by atoms with Crippen LogP contribution in [0.3, 0.4) is 0 Å². The van der Waals surface area contributed by atoms with E-state index in [2.05, 4.69) is 15.9 Å². The number of thiophene rings is 1. The highest BCUT2D eigenvalue weighted by molar-refractivity contribution is 9.10. The summed E-state index contributed by atoms with van der Waals surface area (Å²) in [6.45, 7) is 0. The molecule has 94 valence electrons. The molecular weight excluding hydrogens is 312 g/mol. The molecule has 0 radical (unpaired) electrons. The van der Waals surface area contributed by atoms with Crippen LogP contribution in [0.25, 0.3) is 0 Å². The Kier molecular flexibility index (Phi) is 4.55. The molecule has 0 unspecified atom stereocenters. The van der Waals surface area contributed by atoms with Crippen LogP contribution in [0, 0.1) is 0 Å². The van der Waals surface area contributed by atoms with Gasteiger partial charge < -0.3 is 4.74 Å². The first kappa shape index (κ1) is 13.3. The number of carbonyl (C=O) groups is 1. The third-order valence-corrected chi connectivity index (χ3v) is 3.84. The van der Waals surface area contributed by atoms with Gasteiger partial charge in [0.2, 0.25) is 0 Å². The number of Topliss-reactive ketones (excluding diaryl/α,β-unsaturated/α-hetero) is 1. The van der Waals surface area contributed by atoms with E-state index in [4.69, 9.17) is 4.74 Å². The lowest BCUT2D eigenvalue weighted by Crippen LogP contribution is -2.07. The molecule has 0 atom stereocenters. The van der Waals surface area contributed by atoms with Crippen LogP contribution in [-0.2, 0) is 17.6 Å². The van der Waals surface area contributed by atoms with Crippen LogP contribution >= 0.6 is 27.3 Å². The molecule has 0 aliphatic carbocycles. The number of hydrogen-bond donors (Lipinski definition) is 0. The van der Waals surface area contributed by atoms with E-state index in [1.54, 1.807) is 18.4 Å². The summed E-state index contributed by atoms with van der Waals surface area (Å²) in [5, 5.41) is 4.00. The molecule has 1 aromatic heterocycles. The average Bonchev–Trinajstić information content (AvgIpc) is 2.82. The zero-order valence-electron chi connectivity index (χ0n) is 9.98. The second-order valence-electron chi connectivity index (χ2n) is 3.98. The minimum absolute atomic E-state index is 0.199. The lowest BCUT2D eigenvalue weighted by Gasteiger charge is -2.08. The first-order chi connectivity index (χ1) is 8.69. The van der Waals surface area contributed by atoms with E-state index in [0.29, 0.717) is 12.8 Å². The summed E-state index contributed by atoms with van der Waals surface area (Å²) in [5.41, 5.74) is 2.01. The van der Waals surface area contributed by atoms with Crippen LogP contribution in [0.15, 0.2) is 39.5 Å². The predicted octanol–water partition coefficient (Wildman–Crippen LogP) is 3.87. The Morgan fingerprint density at radius 1 is 1.33 bits per heavy atom. The summed E-state index contributed by atoms with van der Waals surface area (Å²) in [6.07, 6.45) is 0.887. The lowest BCUT2D eigenvalue weighted by molar-refractivity contribution is -0.117. The summed E-state index contributed by atoms with van der Waals surface area (Å²) in [6, 6.07) is 7.70. The van der Waals surface area contributed by atoms with Gasteiger partial charge in [0, 0.05) is 22.9 Å². The van der Waals surface area contributed by atoms with E-state index in [1.165, 1.54) is 0 Å². The van der Waals surface area contributed by atoms with Gasteiger partial charge in [0.1, 0.15) is 11.5 Å². The van der Waals surface area contributed by atoms with Gasteiger partial charge in [-0.05, 0) is 40.6 Å². The Morgan fingerprint density at radius 2 is 2.17 bits per heavy atom. The quantitative estimate of drug-likeness (QED) is 0.834. The second kappa shape index (κ2) is 6.16. The van der Waals surface area contributed by atoms with Crippen LogP contribution in [-0.4, -0.2) is 12.9 Å². The zero-order valence-corrected chi connectivity index (χ0v) is 12.4. The maximum atomic E-state index is 12.0. The van der Waals surface area contributed by atoms with Gasteiger partial charge in [-0.2, -0.15) is 11.3 Å². The number of ketones is 1. The van der Waals surface area contributed by atoms with E-state index in [9.17, 15) is 4.79 Å². The van der Waals surface area contributed by atoms with Gasteiger partial charge in [-0.3, -0.25) is 4.79 Å². The molecule has 0 aliphatic heterocycles. The summed E-state index contributed by atoms with van der Waals surface area (Å²) < 4.78 is 6.23. The fourth-order valence-electron chi connectivity index (χ4n) is 1.78. The van der Waals surface area contributed by atoms with Crippen LogP contribution in [0.5, 0.6) is 5.75 Å². The Hall–Kier alpha value is -1.13. The van der Waals surface area contributed by atoms with Crippen LogP contribution in [0.4, 0.5) is 0 Å². The van der Waals surface area contributed by atoms with E-state index >= 15 is 0 Å². The third kappa shape index (κ3) is 3.43. The Bertz CT molecular complexity index is 535. The number of ether oxygens (including phenoxy) is 1. The molecule has 2 nitrogen and oxygen atoms in total. The van der Waals surface area contributed by atoms with E-state index in [1.807, 2.05) is 35.0 Å². The van der Waals surface area contributed by atoms with Crippen LogP contribution in [0.1, 0.15) is 11.1 Å². The number of carbonyl (C=O) groups excluding carboxylic acids is 1. The minimum Gasteiger partial charge on any atom is -0.496 e. The molecule has 0 saturated heterocycles. The molecule has 2 aromatic rings. The van der Waals surface area contributed by atoms with Gasteiger partial charge in [0.15, 0.2) is 0 Å². The highest BCUT2D eigenvalue weighted by atomic mass is 79.9. The average molecular weight is 325 g/mol. The standard InChI is InChI=1S/C14H13BrO2S/c1-17-14-3-2-12(15)7-11(14)8-13(16)6-10-4-5-18-9-10/h2-5,7,9H,6,8H2,1H3. The number of methoxy groups -OCH3 is 1. The molecule has 0 spiro atoms. The van der Waals surface area contributed by atoms with Crippen molar-refractivity contribution in [3.63, 3.8) is 0 Å². The van der Waals surface area contributed by atoms with Crippen molar-refractivity contribution in [1.29, 1.82) is 0 Å². The third-order valence-electron chi connectivity index (χ3n) is 2.61. The maximum Gasteiger partial charge on any atom is 0.141 e. The van der Waals surface area contributed by atoms with E-state index in [-0.39, 0.29) is 5.78 Å². The molecule has 2 rings (SSSR count). The van der Waals surface area contributed by atoms with Gasteiger partial charge in [-0.1, -0.05) is 15.9 Å². The highest BCUT2D eigenvalue weighted by Gasteiger charge is 2.10. The summed E-state index contributed by atoms with van der Waals surface area (Å²) in [5.74, 6) is 0.960. The van der Waals surface area contributed by atoms with Crippen LogP contribution in [0.2, 0.25) is 0 Å². The lowest BCUT2D eigenvalue weighted by atomic mass is 10.0. The van der Waals surface area contributed by atoms with Crippen molar-refractivity contribution in [2.24, 2.45) is 0 Å². The van der Waals surface area contributed by atoms with Crippen molar-refractivity contribution in [3.8, 4) is 5.75 Å². The SMILES string of the molecule is COc1ccc(Br)cc1CC(=O)Cc1ccsc1. The Morgan fingerprint density at radius 3 is 2.83 bits per heavy atom. The van der Waals surface area contributed by atoms with Crippen molar-refractivity contribution in [3.05, 3.63) is 50.6 Å². The number of benzene rings is 1. The molecular formula is C14H13BrO2S. The smallest absolute Gasteiger partial charge is 0.141 e. The normalized spacial score (nSPS) is 10.3. The largest absolute Gasteiger partial charge is 0.496 e. The Labute approximate surface area is 119 Å². The molecule has 0 bridgehead atoms. The molecule has 0 amide bonds. The molecule has 0 fully saturated rings. The van der Waals surface area contributed by atoms with Gasteiger partial charge in [-0.25, -0.2) is 0 Å².